The molecular formula is C12H22N2O3S. The fourth-order valence-corrected chi connectivity index (χ4v) is 4.19. The van der Waals surface area contributed by atoms with Crippen LogP contribution in [0.15, 0.2) is 0 Å². The number of amides is 1. The van der Waals surface area contributed by atoms with Crippen molar-refractivity contribution in [2.24, 2.45) is 11.1 Å². The Balaban J connectivity index is 2.06. The Morgan fingerprint density at radius 3 is 2.17 bits per heavy atom. The number of hydrogen-bond acceptors (Lipinski definition) is 4. The van der Waals surface area contributed by atoms with E-state index < -0.39 is 15.3 Å². The topological polar surface area (TPSA) is 80.5 Å². The van der Waals surface area contributed by atoms with E-state index in [-0.39, 0.29) is 17.4 Å². The molecule has 0 spiro atoms. The van der Waals surface area contributed by atoms with Gasteiger partial charge in [0, 0.05) is 19.6 Å². The van der Waals surface area contributed by atoms with Crippen molar-refractivity contribution in [3.63, 3.8) is 0 Å². The number of rotatable bonds is 2. The summed E-state index contributed by atoms with van der Waals surface area (Å²) in [5, 5.41) is 0. The fraction of sp³-hybridized carbons (Fsp3) is 0.917. The van der Waals surface area contributed by atoms with E-state index in [2.05, 4.69) is 0 Å². The third-order valence-corrected chi connectivity index (χ3v) is 5.90. The van der Waals surface area contributed by atoms with Gasteiger partial charge in [-0.05, 0) is 12.8 Å². The molecule has 0 unspecified atom stereocenters. The predicted octanol–water partition coefficient (Wildman–Crippen LogP) is 0.153. The van der Waals surface area contributed by atoms with Crippen molar-refractivity contribution < 1.29 is 13.2 Å². The molecule has 2 rings (SSSR count). The minimum absolute atomic E-state index is 0.0830. The summed E-state index contributed by atoms with van der Waals surface area (Å²) in [7, 11) is -2.93. The first kappa shape index (κ1) is 13.8. The van der Waals surface area contributed by atoms with Crippen molar-refractivity contribution in [1.29, 1.82) is 0 Å². The van der Waals surface area contributed by atoms with Gasteiger partial charge in [0.1, 0.15) is 0 Å². The van der Waals surface area contributed by atoms with Crippen LogP contribution in [0.5, 0.6) is 0 Å². The molecule has 1 saturated carbocycles. The molecule has 1 amide bonds. The third kappa shape index (κ3) is 2.69. The molecule has 5 nitrogen and oxygen atoms in total. The van der Waals surface area contributed by atoms with E-state index in [0.717, 1.165) is 25.7 Å². The van der Waals surface area contributed by atoms with Crippen LogP contribution in [0, 0.1) is 5.41 Å². The molecule has 0 radical (unpaired) electrons. The summed E-state index contributed by atoms with van der Waals surface area (Å²) >= 11 is 0. The highest BCUT2D eigenvalue weighted by Crippen LogP contribution is 2.37. The Morgan fingerprint density at radius 1 is 1.11 bits per heavy atom. The second-order valence-electron chi connectivity index (χ2n) is 5.49. The Kier molecular flexibility index (Phi) is 3.96. The molecule has 1 aliphatic heterocycles. The van der Waals surface area contributed by atoms with Gasteiger partial charge in [-0.1, -0.05) is 19.3 Å². The number of carbonyl (C=O) groups is 1. The average Bonchev–Trinajstić information content (AvgIpc) is 2.39. The number of sulfone groups is 1. The van der Waals surface area contributed by atoms with Crippen molar-refractivity contribution in [2.75, 3.05) is 31.1 Å². The fourth-order valence-electron chi connectivity index (χ4n) is 2.98. The monoisotopic (exact) mass is 274 g/mol. The van der Waals surface area contributed by atoms with E-state index in [1.54, 1.807) is 4.90 Å². The Morgan fingerprint density at radius 2 is 1.67 bits per heavy atom. The van der Waals surface area contributed by atoms with Gasteiger partial charge in [-0.2, -0.15) is 0 Å². The molecule has 0 aromatic carbocycles. The normalized spacial score (nSPS) is 26.8. The molecule has 6 heteroatoms. The maximum absolute atomic E-state index is 12.6. The molecule has 0 atom stereocenters. The van der Waals surface area contributed by atoms with E-state index in [4.69, 9.17) is 5.73 Å². The van der Waals surface area contributed by atoms with Crippen LogP contribution in [-0.2, 0) is 14.6 Å². The zero-order chi connectivity index (χ0) is 13.2. The van der Waals surface area contributed by atoms with Gasteiger partial charge in [0.25, 0.3) is 0 Å². The second-order valence-corrected chi connectivity index (χ2v) is 7.79. The van der Waals surface area contributed by atoms with Crippen molar-refractivity contribution in [2.45, 2.75) is 32.1 Å². The molecule has 0 bridgehead atoms. The largest absolute Gasteiger partial charge is 0.340 e. The number of carbonyl (C=O) groups excluding carboxylic acids is 1. The highest BCUT2D eigenvalue weighted by molar-refractivity contribution is 7.91. The smallest absolute Gasteiger partial charge is 0.230 e. The summed E-state index contributed by atoms with van der Waals surface area (Å²) in [5.74, 6) is 0.276. The van der Waals surface area contributed by atoms with Gasteiger partial charge in [0.2, 0.25) is 5.91 Å². The average molecular weight is 274 g/mol. The van der Waals surface area contributed by atoms with Crippen molar-refractivity contribution >= 4 is 15.7 Å². The molecule has 1 heterocycles. The standard InChI is InChI=1S/C12H22N2O3S/c13-10-12(4-2-1-3-5-12)11(15)14-6-8-18(16,17)9-7-14/h1-10,13H2. The maximum Gasteiger partial charge on any atom is 0.230 e. The predicted molar refractivity (Wildman–Crippen MR) is 69.8 cm³/mol. The molecule has 2 N–H and O–H groups in total. The van der Waals surface area contributed by atoms with E-state index in [9.17, 15) is 13.2 Å². The zero-order valence-electron chi connectivity index (χ0n) is 10.7. The van der Waals surface area contributed by atoms with Crippen LogP contribution in [-0.4, -0.2) is 50.4 Å². The van der Waals surface area contributed by atoms with Gasteiger partial charge in [-0.25, -0.2) is 8.42 Å². The van der Waals surface area contributed by atoms with Crippen LogP contribution >= 0.6 is 0 Å². The van der Waals surface area contributed by atoms with Gasteiger partial charge in [0.15, 0.2) is 9.84 Å². The summed E-state index contributed by atoms with van der Waals surface area (Å²) in [4.78, 5) is 14.3. The Bertz CT molecular complexity index is 399. The van der Waals surface area contributed by atoms with Gasteiger partial charge >= 0.3 is 0 Å². The van der Waals surface area contributed by atoms with Gasteiger partial charge in [0.05, 0.1) is 16.9 Å². The first-order chi connectivity index (χ1) is 8.49. The second kappa shape index (κ2) is 5.17. The summed E-state index contributed by atoms with van der Waals surface area (Å²) in [6.45, 7) is 1.06. The molecule has 0 aromatic rings. The van der Waals surface area contributed by atoms with Crippen LogP contribution in [0.3, 0.4) is 0 Å². The summed E-state index contributed by atoms with van der Waals surface area (Å²) in [6, 6.07) is 0. The quantitative estimate of drug-likeness (QED) is 0.777. The lowest BCUT2D eigenvalue weighted by Crippen LogP contribution is -2.53. The molecule has 0 aromatic heterocycles. The first-order valence-corrected chi connectivity index (χ1v) is 8.51. The molecule has 104 valence electrons. The zero-order valence-corrected chi connectivity index (χ0v) is 11.5. The lowest BCUT2D eigenvalue weighted by molar-refractivity contribution is -0.143. The SMILES string of the molecule is NCC1(C(=O)N2CCS(=O)(=O)CC2)CCCCC1. The molecular weight excluding hydrogens is 252 g/mol. The van der Waals surface area contributed by atoms with Crippen molar-refractivity contribution in [3.8, 4) is 0 Å². The van der Waals surface area contributed by atoms with E-state index >= 15 is 0 Å². The van der Waals surface area contributed by atoms with Crippen molar-refractivity contribution in [1.82, 2.24) is 4.90 Å². The van der Waals surface area contributed by atoms with Crippen LogP contribution in [0.2, 0.25) is 0 Å². The van der Waals surface area contributed by atoms with Gasteiger partial charge in [-0.15, -0.1) is 0 Å². The van der Waals surface area contributed by atoms with E-state index in [1.165, 1.54) is 6.42 Å². The highest BCUT2D eigenvalue weighted by Gasteiger charge is 2.41. The Hall–Kier alpha value is -0.620. The van der Waals surface area contributed by atoms with Crippen LogP contribution in [0.25, 0.3) is 0 Å². The summed E-state index contributed by atoms with van der Waals surface area (Å²) in [6.07, 6.45) is 4.98. The molecule has 1 aliphatic carbocycles. The van der Waals surface area contributed by atoms with Crippen LogP contribution in [0.4, 0.5) is 0 Å². The minimum Gasteiger partial charge on any atom is -0.340 e. The summed E-state index contributed by atoms with van der Waals surface area (Å²) < 4.78 is 22.8. The molecule has 1 saturated heterocycles. The van der Waals surface area contributed by atoms with Gasteiger partial charge in [-0.3, -0.25) is 4.79 Å². The van der Waals surface area contributed by atoms with Crippen LogP contribution in [0.1, 0.15) is 32.1 Å². The molecule has 2 aliphatic rings. The Labute approximate surface area is 109 Å². The lowest BCUT2D eigenvalue weighted by atomic mass is 9.73. The number of nitrogens with two attached hydrogens (primary N) is 1. The molecule has 18 heavy (non-hydrogen) atoms. The first-order valence-electron chi connectivity index (χ1n) is 6.69. The summed E-state index contributed by atoms with van der Waals surface area (Å²) in [5.41, 5.74) is 5.42. The minimum atomic E-state index is -2.93. The van der Waals surface area contributed by atoms with E-state index in [1.807, 2.05) is 0 Å². The van der Waals surface area contributed by atoms with Gasteiger partial charge < -0.3 is 10.6 Å². The van der Waals surface area contributed by atoms with Crippen LogP contribution < -0.4 is 5.73 Å². The molecule has 2 fully saturated rings. The number of nitrogens with zero attached hydrogens (tertiary/aromatic N) is 1. The lowest BCUT2D eigenvalue weighted by Gasteiger charge is -2.40. The third-order valence-electron chi connectivity index (χ3n) is 4.29. The number of hydrogen-bond donors (Lipinski definition) is 1. The van der Waals surface area contributed by atoms with Crippen molar-refractivity contribution in [3.05, 3.63) is 0 Å². The maximum atomic E-state index is 12.6. The highest BCUT2D eigenvalue weighted by atomic mass is 32.2. The van der Waals surface area contributed by atoms with E-state index in [0.29, 0.717) is 19.6 Å².